The van der Waals surface area contributed by atoms with Crippen LogP contribution in [0.25, 0.3) is 0 Å². The first-order valence-electron chi connectivity index (χ1n) is 10.6. The molecule has 0 aliphatic heterocycles. The molecule has 2 aromatic carbocycles. The third-order valence-corrected chi connectivity index (χ3v) is 4.33. The van der Waals surface area contributed by atoms with Crippen LogP contribution in [0.1, 0.15) is 30.0 Å². The summed E-state index contributed by atoms with van der Waals surface area (Å²) >= 11 is 0. The maximum absolute atomic E-state index is 5.85. The van der Waals surface area contributed by atoms with Gasteiger partial charge in [-0.2, -0.15) is 0 Å². The molecule has 30 heavy (non-hydrogen) atoms. The number of methoxy groups -OCH3 is 1. The molecule has 0 unspecified atom stereocenters. The highest BCUT2D eigenvalue weighted by atomic mass is 16.5. The fourth-order valence-electron chi connectivity index (χ4n) is 2.82. The standard InChI is InChI=1S/C24H35N3O3/c1-3-25-24(26-13-8-14-29-16-15-28-2)27-18-22-11-7-12-23(17-22)20-30-19-21-9-5-4-6-10-21/h4-7,9-12,17H,3,8,13-16,18-20H2,1-2H3,(H2,25,26,27). The molecule has 0 bridgehead atoms. The van der Waals surface area contributed by atoms with Gasteiger partial charge in [-0.05, 0) is 30.0 Å². The van der Waals surface area contributed by atoms with Gasteiger partial charge in [-0.15, -0.1) is 0 Å². The van der Waals surface area contributed by atoms with Gasteiger partial charge in [-0.25, -0.2) is 4.99 Å². The molecule has 0 aliphatic rings. The molecule has 0 saturated carbocycles. The summed E-state index contributed by atoms with van der Waals surface area (Å²) in [7, 11) is 1.68. The Balaban J connectivity index is 1.75. The maximum atomic E-state index is 5.85. The van der Waals surface area contributed by atoms with Crippen molar-refractivity contribution in [2.45, 2.75) is 33.1 Å². The molecule has 0 fully saturated rings. The molecule has 6 nitrogen and oxygen atoms in total. The Hall–Kier alpha value is -2.41. The SMILES string of the molecule is CCNC(=NCc1cccc(COCc2ccccc2)c1)NCCCOCCOC. The van der Waals surface area contributed by atoms with Crippen molar-refractivity contribution in [3.05, 3.63) is 71.3 Å². The topological polar surface area (TPSA) is 64.1 Å². The zero-order chi connectivity index (χ0) is 21.3. The van der Waals surface area contributed by atoms with Crippen molar-refractivity contribution >= 4 is 5.96 Å². The summed E-state index contributed by atoms with van der Waals surface area (Å²) in [5.41, 5.74) is 3.50. The molecule has 0 radical (unpaired) electrons. The number of hydrogen-bond donors (Lipinski definition) is 2. The number of ether oxygens (including phenoxy) is 3. The predicted molar refractivity (Wildman–Crippen MR) is 122 cm³/mol. The Kier molecular flexibility index (Phi) is 12.3. The fourth-order valence-corrected chi connectivity index (χ4v) is 2.82. The summed E-state index contributed by atoms with van der Waals surface area (Å²) in [6, 6.07) is 18.6. The van der Waals surface area contributed by atoms with Gasteiger partial charge < -0.3 is 24.8 Å². The van der Waals surface area contributed by atoms with E-state index in [4.69, 9.17) is 19.2 Å². The summed E-state index contributed by atoms with van der Waals surface area (Å²) in [4.78, 5) is 4.69. The van der Waals surface area contributed by atoms with Gasteiger partial charge in [-0.3, -0.25) is 0 Å². The van der Waals surface area contributed by atoms with E-state index in [2.05, 4.69) is 54.0 Å². The lowest BCUT2D eigenvalue weighted by Gasteiger charge is -2.12. The van der Waals surface area contributed by atoms with E-state index < -0.39 is 0 Å². The van der Waals surface area contributed by atoms with Gasteiger partial charge in [0.25, 0.3) is 0 Å². The molecule has 6 heteroatoms. The van der Waals surface area contributed by atoms with E-state index in [-0.39, 0.29) is 0 Å². The minimum Gasteiger partial charge on any atom is -0.382 e. The van der Waals surface area contributed by atoms with Crippen LogP contribution < -0.4 is 10.6 Å². The van der Waals surface area contributed by atoms with Crippen LogP contribution in [0.2, 0.25) is 0 Å². The Morgan fingerprint density at radius 2 is 1.60 bits per heavy atom. The highest BCUT2D eigenvalue weighted by Crippen LogP contribution is 2.10. The molecule has 0 spiro atoms. The van der Waals surface area contributed by atoms with E-state index in [9.17, 15) is 0 Å². The van der Waals surface area contributed by atoms with Crippen molar-refractivity contribution in [1.29, 1.82) is 0 Å². The lowest BCUT2D eigenvalue weighted by Crippen LogP contribution is -2.38. The van der Waals surface area contributed by atoms with Gasteiger partial charge in [0.1, 0.15) is 0 Å². The van der Waals surface area contributed by atoms with Crippen molar-refractivity contribution in [1.82, 2.24) is 10.6 Å². The number of rotatable bonds is 14. The summed E-state index contributed by atoms with van der Waals surface area (Å²) in [5, 5.41) is 6.64. The molecule has 0 aliphatic carbocycles. The number of guanidine groups is 1. The summed E-state index contributed by atoms with van der Waals surface area (Å²) in [6.45, 7) is 7.50. The van der Waals surface area contributed by atoms with E-state index in [1.165, 1.54) is 5.56 Å². The van der Waals surface area contributed by atoms with Crippen LogP contribution in [0.3, 0.4) is 0 Å². The van der Waals surface area contributed by atoms with Crippen molar-refractivity contribution in [2.75, 3.05) is 40.0 Å². The molecular formula is C24H35N3O3. The van der Waals surface area contributed by atoms with Crippen molar-refractivity contribution < 1.29 is 14.2 Å². The first kappa shape index (κ1) is 23.9. The number of nitrogens with one attached hydrogen (secondary N) is 2. The van der Waals surface area contributed by atoms with E-state index in [1.54, 1.807) is 7.11 Å². The molecule has 2 aromatic rings. The molecule has 164 valence electrons. The highest BCUT2D eigenvalue weighted by molar-refractivity contribution is 5.79. The van der Waals surface area contributed by atoms with Crippen LogP contribution in [0.4, 0.5) is 0 Å². The van der Waals surface area contributed by atoms with Crippen LogP contribution in [0, 0.1) is 0 Å². The maximum Gasteiger partial charge on any atom is 0.191 e. The molecule has 0 amide bonds. The first-order chi connectivity index (χ1) is 14.8. The number of benzene rings is 2. The summed E-state index contributed by atoms with van der Waals surface area (Å²) in [5.74, 6) is 0.820. The van der Waals surface area contributed by atoms with Crippen molar-refractivity contribution in [3.63, 3.8) is 0 Å². The lowest BCUT2D eigenvalue weighted by atomic mass is 10.1. The smallest absolute Gasteiger partial charge is 0.191 e. The first-order valence-corrected chi connectivity index (χ1v) is 10.6. The third-order valence-electron chi connectivity index (χ3n) is 4.33. The molecule has 0 atom stereocenters. The summed E-state index contributed by atoms with van der Waals surface area (Å²) in [6.07, 6.45) is 0.919. The molecular weight excluding hydrogens is 378 g/mol. The molecule has 0 heterocycles. The van der Waals surface area contributed by atoms with E-state index in [0.29, 0.717) is 39.6 Å². The van der Waals surface area contributed by atoms with Gasteiger partial charge in [0.15, 0.2) is 5.96 Å². The van der Waals surface area contributed by atoms with Gasteiger partial charge in [0.2, 0.25) is 0 Å². The normalized spacial score (nSPS) is 11.5. The zero-order valence-corrected chi connectivity index (χ0v) is 18.2. The fraction of sp³-hybridized carbons (Fsp3) is 0.458. The molecule has 2 N–H and O–H groups in total. The van der Waals surface area contributed by atoms with Crippen LogP contribution in [0.15, 0.2) is 59.6 Å². The second-order valence-corrected chi connectivity index (χ2v) is 6.88. The molecule has 2 rings (SSSR count). The quantitative estimate of drug-likeness (QED) is 0.282. The number of hydrogen-bond acceptors (Lipinski definition) is 4. The largest absolute Gasteiger partial charge is 0.382 e. The average molecular weight is 414 g/mol. The van der Waals surface area contributed by atoms with Crippen molar-refractivity contribution in [2.24, 2.45) is 4.99 Å². The number of nitrogens with zero attached hydrogens (tertiary/aromatic N) is 1. The monoisotopic (exact) mass is 413 g/mol. The molecule has 0 saturated heterocycles. The van der Waals surface area contributed by atoms with E-state index in [0.717, 1.165) is 36.6 Å². The zero-order valence-electron chi connectivity index (χ0n) is 18.2. The van der Waals surface area contributed by atoms with Crippen molar-refractivity contribution in [3.8, 4) is 0 Å². The molecule has 0 aromatic heterocycles. The van der Waals surface area contributed by atoms with Gasteiger partial charge in [0.05, 0.1) is 33.0 Å². The minimum absolute atomic E-state index is 0.591. The highest BCUT2D eigenvalue weighted by Gasteiger charge is 2.00. The average Bonchev–Trinajstić information content (AvgIpc) is 2.78. The van der Waals surface area contributed by atoms with Crippen LogP contribution in [0.5, 0.6) is 0 Å². The van der Waals surface area contributed by atoms with Crippen LogP contribution >= 0.6 is 0 Å². The van der Waals surface area contributed by atoms with Crippen LogP contribution in [-0.2, 0) is 34.0 Å². The Labute approximate surface area is 180 Å². The second-order valence-electron chi connectivity index (χ2n) is 6.88. The predicted octanol–water partition coefficient (Wildman–Crippen LogP) is 3.51. The lowest BCUT2D eigenvalue weighted by molar-refractivity contribution is 0.0698. The van der Waals surface area contributed by atoms with Crippen LogP contribution in [-0.4, -0.2) is 46.0 Å². The Bertz CT molecular complexity index is 723. The van der Waals surface area contributed by atoms with Gasteiger partial charge in [0, 0.05) is 26.8 Å². The van der Waals surface area contributed by atoms with E-state index >= 15 is 0 Å². The summed E-state index contributed by atoms with van der Waals surface area (Å²) < 4.78 is 16.3. The second kappa shape index (κ2) is 15.4. The van der Waals surface area contributed by atoms with Gasteiger partial charge >= 0.3 is 0 Å². The van der Waals surface area contributed by atoms with Gasteiger partial charge in [-0.1, -0.05) is 54.6 Å². The number of aliphatic imine (C=N–C) groups is 1. The Morgan fingerprint density at radius 3 is 2.40 bits per heavy atom. The minimum atomic E-state index is 0.591. The third kappa shape index (κ3) is 10.4. The van der Waals surface area contributed by atoms with E-state index in [1.807, 2.05) is 18.2 Å². The Morgan fingerprint density at radius 1 is 0.833 bits per heavy atom.